The van der Waals surface area contributed by atoms with Crippen molar-refractivity contribution in [3.63, 3.8) is 0 Å². The Balaban J connectivity index is 2.06. The molecular formula is C20H18N2O4. The van der Waals surface area contributed by atoms with Crippen LogP contribution in [0.25, 0.3) is 13.2 Å². The molecular weight excluding hydrogens is 332 g/mol. The van der Waals surface area contributed by atoms with E-state index >= 15 is 0 Å². The Labute approximate surface area is 149 Å². The van der Waals surface area contributed by atoms with Crippen molar-refractivity contribution < 1.29 is 20.4 Å². The van der Waals surface area contributed by atoms with E-state index in [0.717, 1.165) is 0 Å². The second-order valence-electron chi connectivity index (χ2n) is 5.75. The summed E-state index contributed by atoms with van der Waals surface area (Å²) in [6.45, 7) is 7.64. The van der Waals surface area contributed by atoms with Crippen molar-refractivity contribution in [2.45, 2.75) is 0 Å². The number of phenolic OH excluding ortho intramolecular Hbond substituents is 4. The monoisotopic (exact) mass is 350 g/mol. The van der Waals surface area contributed by atoms with Crippen molar-refractivity contribution in [2.75, 3.05) is 10.6 Å². The van der Waals surface area contributed by atoms with Crippen LogP contribution in [0.4, 0.5) is 22.7 Å². The summed E-state index contributed by atoms with van der Waals surface area (Å²) in [5, 5.41) is 45.9. The van der Waals surface area contributed by atoms with Gasteiger partial charge in [-0.15, -0.1) is 0 Å². The van der Waals surface area contributed by atoms with Gasteiger partial charge in [0.25, 0.3) is 0 Å². The lowest BCUT2D eigenvalue weighted by Gasteiger charge is -2.16. The van der Waals surface area contributed by atoms with Crippen LogP contribution in [-0.2, 0) is 0 Å². The van der Waals surface area contributed by atoms with Crippen molar-refractivity contribution in [2.24, 2.45) is 0 Å². The van der Waals surface area contributed by atoms with Crippen LogP contribution >= 0.6 is 0 Å². The smallest absolute Gasteiger partial charge is 0.150 e. The molecule has 0 saturated heterocycles. The lowest BCUT2D eigenvalue weighted by Crippen LogP contribution is -2.18. The minimum atomic E-state index is -0.225. The van der Waals surface area contributed by atoms with Gasteiger partial charge in [-0.05, 0) is 48.5 Å². The molecule has 0 radical (unpaired) electrons. The second-order valence-corrected chi connectivity index (χ2v) is 5.75. The maximum atomic E-state index is 10.4. The second kappa shape index (κ2) is 6.60. The third-order valence-corrected chi connectivity index (χ3v) is 3.92. The average molecular weight is 350 g/mol. The lowest BCUT2D eigenvalue weighted by molar-refractivity contribution is 0.445. The molecule has 6 nitrogen and oxygen atoms in total. The summed E-state index contributed by atoms with van der Waals surface area (Å²) in [4.78, 5) is 0. The van der Waals surface area contributed by atoms with Gasteiger partial charge in [-0.1, -0.05) is 13.2 Å². The third kappa shape index (κ3) is 3.21. The molecule has 0 unspecified atom stereocenters. The van der Waals surface area contributed by atoms with Crippen molar-refractivity contribution in [3.8, 4) is 23.0 Å². The van der Waals surface area contributed by atoms with Gasteiger partial charge in [0.05, 0.1) is 16.6 Å². The first-order chi connectivity index (χ1) is 12.4. The Morgan fingerprint density at radius 2 is 0.885 bits per heavy atom. The first-order valence-electron chi connectivity index (χ1n) is 7.74. The summed E-state index contributed by atoms with van der Waals surface area (Å²) in [7, 11) is 0. The molecule has 6 heteroatoms. The molecule has 0 fully saturated rings. The van der Waals surface area contributed by atoms with E-state index in [1.165, 1.54) is 24.3 Å². The Bertz CT molecular complexity index is 965. The Morgan fingerprint density at radius 1 is 0.538 bits per heavy atom. The lowest BCUT2D eigenvalue weighted by atomic mass is 10.1. The van der Waals surface area contributed by atoms with Gasteiger partial charge in [0.2, 0.25) is 0 Å². The Hall–Kier alpha value is -3.80. The molecule has 0 saturated carbocycles. The maximum Gasteiger partial charge on any atom is 0.150 e. The first-order valence-corrected chi connectivity index (χ1v) is 7.74. The standard InChI is InChI=1S/C20H18N2O4/c1-11-17(21-13-3-7-15(23)8-4-13)19(25)12(2)20(26)18(11)22-14-5-9-16(24)10-6-14/h3-10,21-26H,1-2H2. The molecule has 0 amide bonds. The summed E-state index contributed by atoms with van der Waals surface area (Å²) < 4.78 is 0. The molecule has 3 aromatic carbocycles. The number of aromatic hydroxyl groups is 4. The molecule has 6 N–H and O–H groups in total. The summed E-state index contributed by atoms with van der Waals surface area (Å²) in [6.07, 6.45) is 0. The summed E-state index contributed by atoms with van der Waals surface area (Å²) in [6, 6.07) is 12.6. The molecule has 0 heterocycles. The topological polar surface area (TPSA) is 105 Å². The number of benzene rings is 3. The summed E-state index contributed by atoms with van der Waals surface area (Å²) in [5.74, 6) is -0.214. The van der Waals surface area contributed by atoms with Gasteiger partial charge in [-0.3, -0.25) is 0 Å². The molecule has 0 bridgehead atoms. The molecule has 3 rings (SSSR count). The zero-order valence-corrected chi connectivity index (χ0v) is 13.8. The van der Waals surface area contributed by atoms with Crippen molar-refractivity contribution in [3.05, 3.63) is 59.0 Å². The SMILES string of the molecule is C=c1c(O)c(Nc2ccc(O)cc2)c(=C)c(Nc2ccc(O)cc2)c1O. The van der Waals surface area contributed by atoms with Gasteiger partial charge < -0.3 is 31.1 Å². The number of anilines is 4. The highest BCUT2D eigenvalue weighted by Crippen LogP contribution is 2.29. The van der Waals surface area contributed by atoms with E-state index in [4.69, 9.17) is 0 Å². The molecule has 3 aromatic rings. The van der Waals surface area contributed by atoms with E-state index in [-0.39, 0.29) is 39.6 Å². The van der Waals surface area contributed by atoms with E-state index in [2.05, 4.69) is 23.8 Å². The normalized spacial score (nSPS) is 10.5. The van der Waals surface area contributed by atoms with Crippen LogP contribution in [0.15, 0.2) is 48.5 Å². The van der Waals surface area contributed by atoms with Crippen LogP contribution in [0.1, 0.15) is 0 Å². The Kier molecular flexibility index (Phi) is 4.33. The van der Waals surface area contributed by atoms with E-state index in [1.807, 2.05) is 0 Å². The van der Waals surface area contributed by atoms with Gasteiger partial charge in [-0.25, -0.2) is 0 Å². The molecule has 26 heavy (non-hydrogen) atoms. The fourth-order valence-corrected chi connectivity index (χ4v) is 2.47. The van der Waals surface area contributed by atoms with E-state index < -0.39 is 0 Å². The van der Waals surface area contributed by atoms with Crippen molar-refractivity contribution >= 4 is 35.9 Å². The molecule has 0 aliphatic carbocycles. The Morgan fingerprint density at radius 3 is 1.23 bits per heavy atom. The minimum absolute atomic E-state index is 0.0416. The number of hydrogen-bond acceptors (Lipinski definition) is 6. The quantitative estimate of drug-likeness (QED) is 0.319. The minimum Gasteiger partial charge on any atom is -0.508 e. The van der Waals surface area contributed by atoms with Crippen molar-refractivity contribution in [1.82, 2.24) is 0 Å². The number of nitrogens with one attached hydrogen (secondary N) is 2. The van der Waals surface area contributed by atoms with Crippen LogP contribution in [0, 0.1) is 0 Å². The van der Waals surface area contributed by atoms with Gasteiger partial charge in [-0.2, -0.15) is 0 Å². The van der Waals surface area contributed by atoms with E-state index in [9.17, 15) is 20.4 Å². The molecule has 132 valence electrons. The predicted molar refractivity (Wildman–Crippen MR) is 103 cm³/mol. The fraction of sp³-hybridized carbons (Fsp3) is 0. The first kappa shape index (κ1) is 17.0. The fourth-order valence-electron chi connectivity index (χ4n) is 2.47. The van der Waals surface area contributed by atoms with Crippen LogP contribution in [0.5, 0.6) is 23.0 Å². The zero-order chi connectivity index (χ0) is 18.8. The number of rotatable bonds is 4. The van der Waals surface area contributed by atoms with E-state index in [1.54, 1.807) is 24.3 Å². The van der Waals surface area contributed by atoms with Gasteiger partial charge in [0, 0.05) is 16.6 Å². The average Bonchev–Trinajstić information content (AvgIpc) is 2.64. The van der Waals surface area contributed by atoms with Gasteiger partial charge in [0.15, 0.2) is 0 Å². The summed E-state index contributed by atoms with van der Waals surface area (Å²) in [5.41, 5.74) is 1.78. The molecule has 0 aliphatic heterocycles. The molecule has 0 atom stereocenters. The van der Waals surface area contributed by atoms with Crippen molar-refractivity contribution in [1.29, 1.82) is 0 Å². The van der Waals surface area contributed by atoms with Gasteiger partial charge in [0.1, 0.15) is 23.0 Å². The van der Waals surface area contributed by atoms with Crippen LogP contribution in [0.2, 0.25) is 0 Å². The molecule has 0 aliphatic rings. The summed E-state index contributed by atoms with van der Waals surface area (Å²) >= 11 is 0. The zero-order valence-electron chi connectivity index (χ0n) is 13.8. The van der Waals surface area contributed by atoms with E-state index in [0.29, 0.717) is 16.6 Å². The number of phenols is 4. The highest BCUT2D eigenvalue weighted by Gasteiger charge is 2.15. The molecule has 0 aromatic heterocycles. The highest BCUT2D eigenvalue weighted by molar-refractivity contribution is 5.79. The highest BCUT2D eigenvalue weighted by atomic mass is 16.3. The van der Waals surface area contributed by atoms with Crippen LogP contribution in [0.3, 0.4) is 0 Å². The predicted octanol–water partition coefficient (Wildman–Crippen LogP) is 2.82. The largest absolute Gasteiger partial charge is 0.508 e. The number of hydrogen-bond donors (Lipinski definition) is 6. The van der Waals surface area contributed by atoms with Crippen LogP contribution < -0.4 is 21.1 Å². The molecule has 0 spiro atoms. The third-order valence-electron chi connectivity index (χ3n) is 3.92. The van der Waals surface area contributed by atoms with Gasteiger partial charge >= 0.3 is 0 Å². The van der Waals surface area contributed by atoms with Crippen LogP contribution in [-0.4, -0.2) is 20.4 Å². The maximum absolute atomic E-state index is 10.4.